The number of halogens is 1. The molecule has 0 bridgehead atoms. The summed E-state index contributed by atoms with van der Waals surface area (Å²) in [6.45, 7) is 6.94. The molecule has 1 rings (SSSR count). The van der Waals surface area contributed by atoms with E-state index >= 15 is 0 Å². The van der Waals surface area contributed by atoms with Gasteiger partial charge in [-0.1, -0.05) is 32.4 Å². The molecule has 1 nitrogen and oxygen atoms in total. The lowest BCUT2D eigenvalue weighted by atomic mass is 9.92. The maximum atomic E-state index is 5.90. The molecule has 1 saturated heterocycles. The quantitative estimate of drug-likeness (QED) is 0.365. The van der Waals surface area contributed by atoms with Gasteiger partial charge in [0.25, 0.3) is 0 Å². The average molecular weight is 135 g/mol. The number of hydrogen-bond donors (Lipinski definition) is 0. The van der Waals surface area contributed by atoms with Crippen molar-refractivity contribution < 1.29 is 4.74 Å². The molecule has 0 N–H and O–H groups in total. The third kappa shape index (κ3) is 0.848. The molecule has 2 heteroatoms. The molecule has 1 aliphatic heterocycles. The van der Waals surface area contributed by atoms with Crippen molar-refractivity contribution in [2.75, 3.05) is 6.61 Å². The highest BCUT2D eigenvalue weighted by Crippen LogP contribution is 2.47. The fraction of sp³-hybridized carbons (Fsp3) is 1.00. The zero-order valence-electron chi connectivity index (χ0n) is 5.49. The molecule has 48 valence electrons. The van der Waals surface area contributed by atoms with Crippen molar-refractivity contribution >= 4 is 11.6 Å². The lowest BCUT2D eigenvalue weighted by Gasteiger charge is -2.20. The number of epoxide rings is 1. The molecule has 1 atom stereocenters. The number of rotatable bonds is 0. The number of alkyl halides is 1. The first kappa shape index (κ1) is 6.37. The predicted octanol–water partition coefficient (Wildman–Crippen LogP) is 2.00. The SMILES string of the molecule is CC(C)(C)[C@@]1(Cl)CO1. The summed E-state index contributed by atoms with van der Waals surface area (Å²) in [6, 6.07) is 0. The van der Waals surface area contributed by atoms with Crippen LogP contribution < -0.4 is 0 Å². The van der Waals surface area contributed by atoms with Gasteiger partial charge in [-0.3, -0.25) is 0 Å². The molecular formula is C6H11ClO. The minimum absolute atomic E-state index is 0.0918. The van der Waals surface area contributed by atoms with E-state index in [1.807, 2.05) is 0 Å². The van der Waals surface area contributed by atoms with Crippen LogP contribution in [0.25, 0.3) is 0 Å². The zero-order valence-corrected chi connectivity index (χ0v) is 6.25. The van der Waals surface area contributed by atoms with Crippen LogP contribution in [0.15, 0.2) is 0 Å². The maximum absolute atomic E-state index is 5.90. The van der Waals surface area contributed by atoms with Gasteiger partial charge in [-0.15, -0.1) is 0 Å². The fourth-order valence-electron chi connectivity index (χ4n) is 0.496. The van der Waals surface area contributed by atoms with E-state index in [1.165, 1.54) is 0 Å². The summed E-state index contributed by atoms with van der Waals surface area (Å²) < 4.78 is 5.03. The molecule has 0 amide bonds. The average Bonchev–Trinajstić information content (AvgIpc) is 2.16. The van der Waals surface area contributed by atoms with Crippen molar-refractivity contribution in [1.82, 2.24) is 0 Å². The first-order valence-corrected chi connectivity index (χ1v) is 3.16. The van der Waals surface area contributed by atoms with Crippen molar-refractivity contribution in [3.05, 3.63) is 0 Å². The Bertz CT molecular complexity index is 96.3. The van der Waals surface area contributed by atoms with Gasteiger partial charge in [-0.25, -0.2) is 0 Å². The molecule has 0 unspecified atom stereocenters. The maximum Gasteiger partial charge on any atom is 0.169 e. The molecule has 1 heterocycles. The van der Waals surface area contributed by atoms with Gasteiger partial charge in [0.15, 0.2) is 5.06 Å². The standard InChI is InChI=1S/C6H11ClO/c1-5(2,3)6(7)4-8-6/h4H2,1-3H3/t6-/m1/s1. The second-order valence-electron chi connectivity index (χ2n) is 3.27. The summed E-state index contributed by atoms with van der Waals surface area (Å²) in [7, 11) is 0. The summed E-state index contributed by atoms with van der Waals surface area (Å²) in [5, 5.41) is -0.340. The largest absolute Gasteiger partial charge is 0.352 e. The molecule has 0 spiro atoms. The van der Waals surface area contributed by atoms with Gasteiger partial charge < -0.3 is 4.74 Å². The van der Waals surface area contributed by atoms with Gasteiger partial charge in [0.1, 0.15) is 0 Å². The van der Waals surface area contributed by atoms with Crippen molar-refractivity contribution in [1.29, 1.82) is 0 Å². The second kappa shape index (κ2) is 1.39. The zero-order chi connectivity index (χ0) is 6.41. The van der Waals surface area contributed by atoms with Crippen LogP contribution in [0.3, 0.4) is 0 Å². The second-order valence-corrected chi connectivity index (χ2v) is 3.88. The summed E-state index contributed by atoms with van der Waals surface area (Å²) in [5.41, 5.74) is 0.0918. The molecule has 0 aromatic carbocycles. The van der Waals surface area contributed by atoms with Crippen LogP contribution in [0.4, 0.5) is 0 Å². The lowest BCUT2D eigenvalue weighted by Crippen LogP contribution is -2.23. The molecule has 0 aromatic heterocycles. The van der Waals surface area contributed by atoms with Crippen LogP contribution >= 0.6 is 11.6 Å². The molecular weight excluding hydrogens is 124 g/mol. The Morgan fingerprint density at radius 1 is 1.50 bits per heavy atom. The van der Waals surface area contributed by atoms with E-state index in [2.05, 4.69) is 20.8 Å². The Morgan fingerprint density at radius 2 is 1.88 bits per heavy atom. The lowest BCUT2D eigenvalue weighted by molar-refractivity contribution is 0.231. The summed E-state index contributed by atoms with van der Waals surface area (Å²) in [4.78, 5) is 0. The van der Waals surface area contributed by atoms with Crippen molar-refractivity contribution in [2.45, 2.75) is 25.8 Å². The molecule has 0 aliphatic carbocycles. The third-order valence-corrected chi connectivity index (χ3v) is 2.30. The minimum atomic E-state index is -0.340. The smallest absolute Gasteiger partial charge is 0.169 e. The molecule has 1 fully saturated rings. The van der Waals surface area contributed by atoms with E-state index < -0.39 is 0 Å². The topological polar surface area (TPSA) is 12.5 Å². The van der Waals surface area contributed by atoms with Crippen LogP contribution in [-0.2, 0) is 4.74 Å². The Balaban J connectivity index is 2.58. The fourth-order valence-corrected chi connectivity index (χ4v) is 0.551. The first-order valence-electron chi connectivity index (χ1n) is 2.79. The number of ether oxygens (including phenoxy) is 1. The third-order valence-electron chi connectivity index (χ3n) is 1.52. The van der Waals surface area contributed by atoms with E-state index in [1.54, 1.807) is 0 Å². The van der Waals surface area contributed by atoms with E-state index in [0.29, 0.717) is 6.61 Å². The van der Waals surface area contributed by atoms with E-state index in [-0.39, 0.29) is 10.5 Å². The van der Waals surface area contributed by atoms with Gasteiger partial charge >= 0.3 is 0 Å². The molecule has 0 radical (unpaired) electrons. The van der Waals surface area contributed by atoms with Crippen LogP contribution in [0.1, 0.15) is 20.8 Å². The summed E-state index contributed by atoms with van der Waals surface area (Å²) in [6.07, 6.45) is 0. The van der Waals surface area contributed by atoms with Crippen LogP contribution in [0.2, 0.25) is 0 Å². The van der Waals surface area contributed by atoms with Gasteiger partial charge in [0.05, 0.1) is 6.61 Å². The highest BCUT2D eigenvalue weighted by atomic mass is 35.5. The first-order chi connectivity index (χ1) is 3.46. The molecule has 8 heavy (non-hydrogen) atoms. The summed E-state index contributed by atoms with van der Waals surface area (Å²) in [5.74, 6) is 0. The number of hydrogen-bond acceptors (Lipinski definition) is 1. The van der Waals surface area contributed by atoms with Gasteiger partial charge in [-0.2, -0.15) is 0 Å². The molecule has 0 aromatic rings. The Kier molecular flexibility index (Phi) is 1.11. The van der Waals surface area contributed by atoms with E-state index in [9.17, 15) is 0 Å². The van der Waals surface area contributed by atoms with E-state index in [0.717, 1.165) is 0 Å². The van der Waals surface area contributed by atoms with Crippen molar-refractivity contribution in [2.24, 2.45) is 5.41 Å². The van der Waals surface area contributed by atoms with Crippen LogP contribution in [-0.4, -0.2) is 11.7 Å². The van der Waals surface area contributed by atoms with Crippen LogP contribution in [0, 0.1) is 5.41 Å². The van der Waals surface area contributed by atoms with Gasteiger partial charge in [0, 0.05) is 5.41 Å². The van der Waals surface area contributed by atoms with E-state index in [4.69, 9.17) is 16.3 Å². The summed E-state index contributed by atoms with van der Waals surface area (Å²) >= 11 is 5.90. The minimum Gasteiger partial charge on any atom is -0.352 e. The Labute approximate surface area is 55.0 Å². The highest BCUT2D eigenvalue weighted by molar-refractivity contribution is 6.25. The molecule has 1 aliphatic rings. The normalized spacial score (nSPS) is 37.5. The van der Waals surface area contributed by atoms with Gasteiger partial charge in [0.2, 0.25) is 0 Å². The predicted molar refractivity (Wildman–Crippen MR) is 34.0 cm³/mol. The Hall–Kier alpha value is 0.250. The Morgan fingerprint density at radius 3 is 1.88 bits per heavy atom. The van der Waals surface area contributed by atoms with Crippen molar-refractivity contribution in [3.8, 4) is 0 Å². The van der Waals surface area contributed by atoms with Crippen molar-refractivity contribution in [3.63, 3.8) is 0 Å². The van der Waals surface area contributed by atoms with Gasteiger partial charge in [-0.05, 0) is 0 Å². The molecule has 0 saturated carbocycles. The monoisotopic (exact) mass is 134 g/mol. The van der Waals surface area contributed by atoms with Crippen LogP contribution in [0.5, 0.6) is 0 Å². The highest BCUT2D eigenvalue weighted by Gasteiger charge is 2.52.